The lowest BCUT2D eigenvalue weighted by Crippen LogP contribution is -2.14. The Balaban J connectivity index is 1.69. The molecule has 0 saturated heterocycles. The fourth-order valence-corrected chi connectivity index (χ4v) is 3.13. The number of aromatic nitrogens is 3. The van der Waals surface area contributed by atoms with E-state index in [9.17, 15) is 13.6 Å². The van der Waals surface area contributed by atoms with E-state index in [0.29, 0.717) is 18.0 Å². The third kappa shape index (κ3) is 5.04. The van der Waals surface area contributed by atoms with Crippen molar-refractivity contribution >= 4 is 11.6 Å². The van der Waals surface area contributed by atoms with Crippen molar-refractivity contribution in [1.29, 1.82) is 0 Å². The molecule has 9 heteroatoms. The van der Waals surface area contributed by atoms with Gasteiger partial charge >= 0.3 is 6.01 Å². The zero-order chi connectivity index (χ0) is 23.2. The fraction of sp³-hybridized carbons (Fsp3) is 0.125. The number of halogens is 2. The minimum Gasteiger partial charge on any atom is -0.460 e. The quantitative estimate of drug-likeness (QED) is 0.400. The van der Waals surface area contributed by atoms with Crippen LogP contribution < -0.4 is 10.1 Å². The summed E-state index contributed by atoms with van der Waals surface area (Å²) in [5.74, 6) is -1.47. The molecule has 0 radical (unpaired) electrons. The summed E-state index contributed by atoms with van der Waals surface area (Å²) in [6, 6.07) is 18.6. The third-order valence-electron chi connectivity index (χ3n) is 4.69. The molecule has 33 heavy (non-hydrogen) atoms. The molecule has 0 aliphatic rings. The number of ether oxygens (including phenoxy) is 2. The Morgan fingerprint density at radius 2 is 1.73 bits per heavy atom. The van der Waals surface area contributed by atoms with Crippen LogP contribution in [0.2, 0.25) is 0 Å². The molecule has 4 rings (SSSR count). The molecule has 0 saturated carbocycles. The number of benzene rings is 3. The largest absolute Gasteiger partial charge is 0.460 e. The van der Waals surface area contributed by atoms with Gasteiger partial charge in [-0.2, -0.15) is 4.98 Å². The van der Waals surface area contributed by atoms with Crippen LogP contribution in [0.4, 0.5) is 14.5 Å². The molecule has 0 atom stereocenters. The lowest BCUT2D eigenvalue weighted by molar-refractivity contribution is 0.102. The predicted octanol–water partition coefficient (Wildman–Crippen LogP) is 4.49. The Kier molecular flexibility index (Phi) is 6.70. The number of anilines is 1. The standard InChI is InChI=1S/C24H20F2N4O3/c1-32-13-14-33-24-28-22(18-9-2-4-11-20(18)25)30(29-24)17-8-6-7-16(15-17)27-23(31)19-10-3-5-12-21(19)26/h2-12,15H,13-14H2,1H3,(H,27,31). The third-order valence-corrected chi connectivity index (χ3v) is 4.69. The summed E-state index contributed by atoms with van der Waals surface area (Å²) in [6.45, 7) is 0.553. The van der Waals surface area contributed by atoms with Crippen LogP contribution in [0.3, 0.4) is 0 Å². The topological polar surface area (TPSA) is 78.3 Å². The maximum Gasteiger partial charge on any atom is 0.336 e. The highest BCUT2D eigenvalue weighted by Crippen LogP contribution is 2.27. The molecular formula is C24H20F2N4O3. The van der Waals surface area contributed by atoms with E-state index in [1.807, 2.05) is 0 Å². The molecule has 1 aromatic heterocycles. The predicted molar refractivity (Wildman–Crippen MR) is 118 cm³/mol. The van der Waals surface area contributed by atoms with Crippen molar-refractivity contribution in [2.24, 2.45) is 0 Å². The van der Waals surface area contributed by atoms with Gasteiger partial charge in [0, 0.05) is 12.8 Å². The summed E-state index contributed by atoms with van der Waals surface area (Å²) in [7, 11) is 1.54. The molecule has 4 aromatic rings. The Morgan fingerprint density at radius 1 is 0.970 bits per heavy atom. The summed E-state index contributed by atoms with van der Waals surface area (Å²) >= 11 is 0. The number of amides is 1. The van der Waals surface area contributed by atoms with E-state index in [1.54, 1.807) is 55.6 Å². The van der Waals surface area contributed by atoms with Gasteiger partial charge in [-0.1, -0.05) is 30.3 Å². The number of carbonyl (C=O) groups excluding carboxylic acids is 1. The van der Waals surface area contributed by atoms with E-state index in [1.165, 1.54) is 28.9 Å². The number of methoxy groups -OCH3 is 1. The van der Waals surface area contributed by atoms with Crippen molar-refractivity contribution in [2.75, 3.05) is 25.6 Å². The van der Waals surface area contributed by atoms with E-state index in [4.69, 9.17) is 9.47 Å². The number of hydrogen-bond donors (Lipinski definition) is 1. The maximum atomic E-state index is 14.5. The zero-order valence-corrected chi connectivity index (χ0v) is 17.7. The first kappa shape index (κ1) is 22.1. The molecular weight excluding hydrogens is 430 g/mol. The molecule has 1 N–H and O–H groups in total. The van der Waals surface area contributed by atoms with Gasteiger partial charge in [0.05, 0.1) is 23.4 Å². The van der Waals surface area contributed by atoms with Gasteiger partial charge in [0.2, 0.25) is 0 Å². The normalized spacial score (nSPS) is 10.8. The summed E-state index contributed by atoms with van der Waals surface area (Å²) in [5.41, 5.74) is 1.04. The first-order valence-electron chi connectivity index (χ1n) is 10.1. The molecule has 1 amide bonds. The smallest absolute Gasteiger partial charge is 0.336 e. The fourth-order valence-electron chi connectivity index (χ4n) is 3.13. The van der Waals surface area contributed by atoms with E-state index in [-0.39, 0.29) is 29.6 Å². The van der Waals surface area contributed by atoms with Gasteiger partial charge in [-0.15, -0.1) is 5.10 Å². The number of nitrogens with one attached hydrogen (secondary N) is 1. The van der Waals surface area contributed by atoms with Gasteiger partial charge in [0.15, 0.2) is 5.82 Å². The van der Waals surface area contributed by atoms with E-state index in [2.05, 4.69) is 15.4 Å². The first-order valence-corrected chi connectivity index (χ1v) is 10.1. The summed E-state index contributed by atoms with van der Waals surface area (Å²) in [4.78, 5) is 16.8. The Labute approximate surface area is 188 Å². The van der Waals surface area contributed by atoms with Crippen molar-refractivity contribution in [3.63, 3.8) is 0 Å². The molecule has 168 valence electrons. The van der Waals surface area contributed by atoms with E-state index in [0.717, 1.165) is 0 Å². The summed E-state index contributed by atoms with van der Waals surface area (Å²) in [5, 5.41) is 7.02. The average Bonchev–Trinajstić information content (AvgIpc) is 3.24. The van der Waals surface area contributed by atoms with Crippen LogP contribution in [-0.2, 0) is 4.74 Å². The molecule has 0 aliphatic heterocycles. The molecule has 3 aromatic carbocycles. The van der Waals surface area contributed by atoms with Gasteiger partial charge in [-0.25, -0.2) is 13.5 Å². The summed E-state index contributed by atoms with van der Waals surface area (Å²) < 4.78 is 40.4. The van der Waals surface area contributed by atoms with Crippen molar-refractivity contribution in [3.8, 4) is 23.1 Å². The average molecular weight is 450 g/mol. The van der Waals surface area contributed by atoms with Crippen LogP contribution in [0.5, 0.6) is 6.01 Å². The Morgan fingerprint density at radius 3 is 2.48 bits per heavy atom. The van der Waals surface area contributed by atoms with Crippen molar-refractivity contribution in [2.45, 2.75) is 0 Å². The molecule has 0 bridgehead atoms. The summed E-state index contributed by atoms with van der Waals surface area (Å²) in [6.07, 6.45) is 0. The zero-order valence-electron chi connectivity index (χ0n) is 17.7. The van der Waals surface area contributed by atoms with Crippen LogP contribution in [0.25, 0.3) is 17.1 Å². The number of rotatable bonds is 8. The lowest BCUT2D eigenvalue weighted by Gasteiger charge is -2.10. The number of hydrogen-bond acceptors (Lipinski definition) is 5. The molecule has 0 aliphatic carbocycles. The monoisotopic (exact) mass is 450 g/mol. The molecule has 0 fully saturated rings. The van der Waals surface area contributed by atoms with E-state index < -0.39 is 17.5 Å². The lowest BCUT2D eigenvalue weighted by atomic mass is 10.2. The highest BCUT2D eigenvalue weighted by Gasteiger charge is 2.18. The number of nitrogens with zero attached hydrogens (tertiary/aromatic N) is 3. The van der Waals surface area contributed by atoms with Crippen LogP contribution >= 0.6 is 0 Å². The van der Waals surface area contributed by atoms with Crippen LogP contribution in [-0.4, -0.2) is 41.0 Å². The second kappa shape index (κ2) is 10.0. The second-order valence-electron chi connectivity index (χ2n) is 6.94. The molecule has 0 spiro atoms. The van der Waals surface area contributed by atoms with Crippen molar-refractivity contribution < 1.29 is 23.0 Å². The van der Waals surface area contributed by atoms with Crippen molar-refractivity contribution in [3.05, 3.63) is 90.0 Å². The highest BCUT2D eigenvalue weighted by atomic mass is 19.1. The van der Waals surface area contributed by atoms with Crippen LogP contribution in [0, 0.1) is 11.6 Å². The molecule has 1 heterocycles. The minimum absolute atomic E-state index is 0.0473. The Hall–Kier alpha value is -4.11. The van der Waals surface area contributed by atoms with Gasteiger partial charge in [-0.3, -0.25) is 4.79 Å². The molecule has 7 nitrogen and oxygen atoms in total. The minimum atomic E-state index is -0.623. The van der Waals surface area contributed by atoms with Crippen LogP contribution in [0.15, 0.2) is 72.8 Å². The van der Waals surface area contributed by atoms with Gasteiger partial charge in [0.25, 0.3) is 5.91 Å². The Bertz CT molecular complexity index is 1280. The van der Waals surface area contributed by atoms with E-state index >= 15 is 0 Å². The van der Waals surface area contributed by atoms with Gasteiger partial charge in [-0.05, 0) is 42.5 Å². The van der Waals surface area contributed by atoms with Crippen LogP contribution in [0.1, 0.15) is 10.4 Å². The van der Waals surface area contributed by atoms with Gasteiger partial charge < -0.3 is 14.8 Å². The SMILES string of the molecule is COCCOc1nc(-c2ccccc2F)n(-c2cccc(NC(=O)c3ccccc3F)c2)n1. The second-order valence-corrected chi connectivity index (χ2v) is 6.94. The van der Waals surface area contributed by atoms with Crippen molar-refractivity contribution in [1.82, 2.24) is 14.8 Å². The maximum absolute atomic E-state index is 14.5. The first-order chi connectivity index (χ1) is 16.1. The highest BCUT2D eigenvalue weighted by molar-refractivity contribution is 6.04. The molecule has 0 unspecified atom stereocenters. The van der Waals surface area contributed by atoms with Gasteiger partial charge in [0.1, 0.15) is 18.2 Å². The number of carbonyl (C=O) groups is 1.